The zero-order chi connectivity index (χ0) is 20.3. The summed E-state index contributed by atoms with van der Waals surface area (Å²) in [5, 5.41) is 11.2. The van der Waals surface area contributed by atoms with Crippen molar-refractivity contribution < 1.29 is 24.0 Å². The minimum absolute atomic E-state index is 0.00167. The van der Waals surface area contributed by atoms with Gasteiger partial charge in [0.05, 0.1) is 24.0 Å². The van der Waals surface area contributed by atoms with Crippen molar-refractivity contribution in [1.29, 1.82) is 0 Å². The SMILES string of the molecule is CCc1ccc(N2CC(C(=O)Oc3ccc(OC)cc3[N+](=O)[O-])CC2=O)cc1. The Hall–Kier alpha value is -3.42. The molecule has 146 valence electrons. The van der Waals surface area contributed by atoms with Crippen LogP contribution in [0, 0.1) is 16.0 Å². The second-order valence-corrected chi connectivity index (χ2v) is 6.44. The molecule has 0 aliphatic carbocycles. The van der Waals surface area contributed by atoms with Crippen molar-refractivity contribution in [3.05, 3.63) is 58.1 Å². The molecule has 0 bridgehead atoms. The van der Waals surface area contributed by atoms with E-state index in [0.717, 1.165) is 12.0 Å². The van der Waals surface area contributed by atoms with E-state index in [1.807, 2.05) is 31.2 Å². The van der Waals surface area contributed by atoms with Crippen molar-refractivity contribution in [1.82, 2.24) is 0 Å². The number of aryl methyl sites for hydroxylation is 1. The number of nitro groups is 1. The highest BCUT2D eigenvalue weighted by molar-refractivity contribution is 5.99. The van der Waals surface area contributed by atoms with Crippen LogP contribution in [0.3, 0.4) is 0 Å². The number of ether oxygens (including phenoxy) is 2. The number of esters is 1. The molecule has 1 heterocycles. The van der Waals surface area contributed by atoms with Gasteiger partial charge in [0.1, 0.15) is 5.75 Å². The largest absolute Gasteiger partial charge is 0.496 e. The zero-order valence-corrected chi connectivity index (χ0v) is 15.6. The molecule has 1 amide bonds. The van der Waals surface area contributed by atoms with Crippen molar-refractivity contribution in [2.45, 2.75) is 19.8 Å². The lowest BCUT2D eigenvalue weighted by molar-refractivity contribution is -0.385. The molecule has 0 saturated carbocycles. The second-order valence-electron chi connectivity index (χ2n) is 6.44. The molecular formula is C20H20N2O6. The summed E-state index contributed by atoms with van der Waals surface area (Å²) in [5.41, 5.74) is 1.50. The Labute approximate surface area is 161 Å². The van der Waals surface area contributed by atoms with E-state index in [-0.39, 0.29) is 36.1 Å². The Bertz CT molecular complexity index is 909. The third-order valence-electron chi connectivity index (χ3n) is 4.69. The third-order valence-corrected chi connectivity index (χ3v) is 4.69. The molecule has 1 saturated heterocycles. The molecular weight excluding hydrogens is 364 g/mol. The van der Waals surface area contributed by atoms with Gasteiger partial charge in [-0.3, -0.25) is 19.7 Å². The zero-order valence-electron chi connectivity index (χ0n) is 15.6. The number of hydrogen-bond acceptors (Lipinski definition) is 6. The van der Waals surface area contributed by atoms with Crippen molar-refractivity contribution >= 4 is 23.3 Å². The highest BCUT2D eigenvalue weighted by atomic mass is 16.6. The van der Waals surface area contributed by atoms with Gasteiger partial charge in [0.15, 0.2) is 0 Å². The number of benzene rings is 2. The van der Waals surface area contributed by atoms with E-state index in [0.29, 0.717) is 5.69 Å². The van der Waals surface area contributed by atoms with Crippen molar-refractivity contribution in [2.75, 3.05) is 18.6 Å². The van der Waals surface area contributed by atoms with Crippen LogP contribution in [0.1, 0.15) is 18.9 Å². The van der Waals surface area contributed by atoms with Crippen LogP contribution in [-0.4, -0.2) is 30.5 Å². The molecule has 1 unspecified atom stereocenters. The lowest BCUT2D eigenvalue weighted by Gasteiger charge is -2.17. The lowest BCUT2D eigenvalue weighted by atomic mass is 10.1. The molecule has 2 aromatic rings. The first-order valence-electron chi connectivity index (χ1n) is 8.86. The van der Waals surface area contributed by atoms with Gasteiger partial charge in [-0.2, -0.15) is 0 Å². The highest BCUT2D eigenvalue weighted by Gasteiger charge is 2.37. The number of carbonyl (C=O) groups is 2. The first kappa shape index (κ1) is 19.3. The summed E-state index contributed by atoms with van der Waals surface area (Å²) in [5.74, 6) is -1.44. The Morgan fingerprint density at radius 3 is 2.57 bits per heavy atom. The molecule has 0 radical (unpaired) electrons. The summed E-state index contributed by atoms with van der Waals surface area (Å²) in [6, 6.07) is 11.5. The molecule has 3 rings (SSSR count). The van der Waals surface area contributed by atoms with Crippen LogP contribution in [0.15, 0.2) is 42.5 Å². The highest BCUT2D eigenvalue weighted by Crippen LogP contribution is 2.33. The average molecular weight is 384 g/mol. The topological polar surface area (TPSA) is 99.0 Å². The minimum Gasteiger partial charge on any atom is -0.496 e. The Kier molecular flexibility index (Phi) is 5.58. The molecule has 8 nitrogen and oxygen atoms in total. The maximum Gasteiger partial charge on any atom is 0.316 e. The second kappa shape index (κ2) is 8.08. The summed E-state index contributed by atoms with van der Waals surface area (Å²) >= 11 is 0. The standard InChI is InChI=1S/C20H20N2O6/c1-3-13-4-6-15(7-5-13)21-12-14(10-19(21)23)20(24)28-18-9-8-16(27-2)11-17(18)22(25)26/h4-9,11,14H,3,10,12H2,1-2H3. The summed E-state index contributed by atoms with van der Waals surface area (Å²) in [6.45, 7) is 2.22. The van der Waals surface area contributed by atoms with Gasteiger partial charge in [-0.15, -0.1) is 0 Å². The van der Waals surface area contributed by atoms with Gasteiger partial charge in [-0.25, -0.2) is 0 Å². The van der Waals surface area contributed by atoms with Gasteiger partial charge in [-0.1, -0.05) is 19.1 Å². The van der Waals surface area contributed by atoms with Gasteiger partial charge >= 0.3 is 11.7 Å². The van der Waals surface area contributed by atoms with Gasteiger partial charge in [-0.05, 0) is 36.2 Å². The summed E-state index contributed by atoms with van der Waals surface area (Å²) < 4.78 is 10.2. The van der Waals surface area contributed by atoms with E-state index < -0.39 is 16.8 Å². The smallest absolute Gasteiger partial charge is 0.316 e. The number of amides is 1. The molecule has 0 N–H and O–H groups in total. The Balaban J connectivity index is 1.73. The van der Waals surface area contributed by atoms with E-state index in [2.05, 4.69) is 0 Å². The van der Waals surface area contributed by atoms with Crippen LogP contribution >= 0.6 is 0 Å². The van der Waals surface area contributed by atoms with Crippen LogP contribution in [0.2, 0.25) is 0 Å². The normalized spacial score (nSPS) is 16.1. The van der Waals surface area contributed by atoms with Crippen LogP contribution in [0.4, 0.5) is 11.4 Å². The van der Waals surface area contributed by atoms with E-state index in [1.54, 1.807) is 0 Å². The van der Waals surface area contributed by atoms with Crippen LogP contribution < -0.4 is 14.4 Å². The number of hydrogen-bond donors (Lipinski definition) is 0. The fourth-order valence-corrected chi connectivity index (χ4v) is 3.07. The maximum atomic E-state index is 12.5. The van der Waals surface area contributed by atoms with Gasteiger partial charge in [0.25, 0.3) is 0 Å². The number of nitro benzene ring substituents is 1. The van der Waals surface area contributed by atoms with Gasteiger partial charge in [0.2, 0.25) is 11.7 Å². The number of anilines is 1. The predicted octanol–water partition coefficient (Wildman–Crippen LogP) is 3.12. The molecule has 0 spiro atoms. The molecule has 8 heteroatoms. The Morgan fingerprint density at radius 1 is 1.25 bits per heavy atom. The third kappa shape index (κ3) is 3.95. The molecule has 1 fully saturated rings. The van der Waals surface area contributed by atoms with E-state index >= 15 is 0 Å². The Morgan fingerprint density at radius 2 is 1.96 bits per heavy atom. The summed E-state index contributed by atoms with van der Waals surface area (Å²) in [4.78, 5) is 37.0. The van der Waals surface area contributed by atoms with Gasteiger partial charge < -0.3 is 14.4 Å². The molecule has 0 aromatic heterocycles. The molecule has 1 aliphatic rings. The van der Waals surface area contributed by atoms with E-state index in [4.69, 9.17) is 9.47 Å². The van der Waals surface area contributed by atoms with Crippen molar-refractivity contribution in [2.24, 2.45) is 5.92 Å². The molecule has 1 aliphatic heterocycles. The fourth-order valence-electron chi connectivity index (χ4n) is 3.07. The van der Waals surface area contributed by atoms with Crippen LogP contribution in [-0.2, 0) is 16.0 Å². The first-order valence-corrected chi connectivity index (χ1v) is 8.86. The van der Waals surface area contributed by atoms with Gasteiger partial charge in [0, 0.05) is 18.7 Å². The van der Waals surface area contributed by atoms with Crippen LogP contribution in [0.25, 0.3) is 0 Å². The quantitative estimate of drug-likeness (QED) is 0.328. The first-order chi connectivity index (χ1) is 13.4. The summed E-state index contributed by atoms with van der Waals surface area (Å²) in [7, 11) is 1.39. The van der Waals surface area contributed by atoms with Crippen molar-refractivity contribution in [3.8, 4) is 11.5 Å². The number of rotatable bonds is 6. The monoisotopic (exact) mass is 384 g/mol. The molecule has 1 atom stereocenters. The number of carbonyl (C=O) groups excluding carboxylic acids is 2. The van der Waals surface area contributed by atoms with E-state index in [1.165, 1.54) is 30.2 Å². The number of methoxy groups -OCH3 is 1. The van der Waals surface area contributed by atoms with Crippen molar-refractivity contribution in [3.63, 3.8) is 0 Å². The number of nitrogens with zero attached hydrogens (tertiary/aromatic N) is 2. The van der Waals surface area contributed by atoms with Crippen LogP contribution in [0.5, 0.6) is 11.5 Å². The fraction of sp³-hybridized carbons (Fsp3) is 0.300. The minimum atomic E-state index is -0.694. The molecule has 2 aromatic carbocycles. The lowest BCUT2D eigenvalue weighted by Crippen LogP contribution is -2.27. The van der Waals surface area contributed by atoms with E-state index in [9.17, 15) is 19.7 Å². The summed E-state index contributed by atoms with van der Waals surface area (Å²) in [6.07, 6.45) is 0.891. The maximum absolute atomic E-state index is 12.5. The molecule has 28 heavy (non-hydrogen) atoms. The predicted molar refractivity (Wildman–Crippen MR) is 102 cm³/mol. The average Bonchev–Trinajstić information content (AvgIpc) is 3.10.